The van der Waals surface area contributed by atoms with E-state index in [1.807, 2.05) is 6.07 Å². The Kier molecular flexibility index (Phi) is 7.27. The fraction of sp³-hybridized carbons (Fsp3) is 0.591. The molecule has 2 aliphatic heterocycles. The molecular weight excluding hydrogens is 322 g/mol. The SMILES string of the molecule is CCC1CCCCN1CC(=O)N1CCN(C/C=C/c2ccccc2)CC1. The highest BCUT2D eigenvalue weighted by Gasteiger charge is 2.26. The third kappa shape index (κ3) is 5.42. The number of carbonyl (C=O) groups is 1. The summed E-state index contributed by atoms with van der Waals surface area (Å²) in [4.78, 5) is 19.6. The van der Waals surface area contributed by atoms with Crippen LogP contribution in [0.4, 0.5) is 0 Å². The van der Waals surface area contributed by atoms with Crippen LogP contribution < -0.4 is 0 Å². The van der Waals surface area contributed by atoms with Crippen LogP contribution in [0, 0.1) is 0 Å². The lowest BCUT2D eigenvalue weighted by atomic mass is 10.00. The molecule has 2 saturated heterocycles. The summed E-state index contributed by atoms with van der Waals surface area (Å²) in [5.41, 5.74) is 1.24. The van der Waals surface area contributed by atoms with Crippen LogP contribution >= 0.6 is 0 Å². The number of carbonyl (C=O) groups excluding carboxylic acids is 1. The molecule has 1 amide bonds. The zero-order valence-corrected chi connectivity index (χ0v) is 16.1. The standard InChI is InChI=1S/C22H33N3O/c1-2-21-12-6-7-14-25(21)19-22(26)24-17-15-23(16-18-24)13-8-11-20-9-4-3-5-10-20/h3-5,8-11,21H,2,6-7,12-19H2,1H3/b11-8+. The molecule has 1 aromatic carbocycles. The molecule has 3 rings (SSSR count). The average molecular weight is 356 g/mol. The molecule has 4 heteroatoms. The third-order valence-corrected chi connectivity index (χ3v) is 5.76. The molecule has 0 bridgehead atoms. The van der Waals surface area contributed by atoms with Gasteiger partial charge in [-0.15, -0.1) is 0 Å². The lowest BCUT2D eigenvalue weighted by molar-refractivity contribution is -0.135. The predicted molar refractivity (Wildman–Crippen MR) is 108 cm³/mol. The number of nitrogens with zero attached hydrogens (tertiary/aromatic N) is 3. The molecule has 0 aliphatic carbocycles. The fourth-order valence-electron chi connectivity index (χ4n) is 4.09. The van der Waals surface area contributed by atoms with Gasteiger partial charge in [0, 0.05) is 38.8 Å². The molecule has 2 heterocycles. The minimum atomic E-state index is 0.324. The third-order valence-electron chi connectivity index (χ3n) is 5.76. The topological polar surface area (TPSA) is 26.8 Å². The molecule has 26 heavy (non-hydrogen) atoms. The van der Waals surface area contributed by atoms with Crippen LogP contribution in [-0.2, 0) is 4.79 Å². The van der Waals surface area contributed by atoms with Gasteiger partial charge in [-0.1, -0.05) is 55.8 Å². The molecule has 0 aromatic heterocycles. The van der Waals surface area contributed by atoms with Crippen molar-refractivity contribution in [3.63, 3.8) is 0 Å². The van der Waals surface area contributed by atoms with Crippen LogP contribution in [0.5, 0.6) is 0 Å². The van der Waals surface area contributed by atoms with Gasteiger partial charge in [-0.2, -0.15) is 0 Å². The molecule has 0 radical (unpaired) electrons. The zero-order valence-electron chi connectivity index (χ0n) is 16.1. The summed E-state index contributed by atoms with van der Waals surface area (Å²) in [6.45, 7) is 8.59. The second-order valence-electron chi connectivity index (χ2n) is 7.52. The van der Waals surface area contributed by atoms with Gasteiger partial charge in [-0.05, 0) is 31.4 Å². The Hall–Kier alpha value is -1.65. The monoisotopic (exact) mass is 355 g/mol. The number of likely N-dealkylation sites (tertiary alicyclic amines) is 1. The Morgan fingerprint density at radius 1 is 1.08 bits per heavy atom. The van der Waals surface area contributed by atoms with Crippen molar-refractivity contribution in [1.82, 2.24) is 14.7 Å². The van der Waals surface area contributed by atoms with Crippen molar-refractivity contribution in [3.05, 3.63) is 42.0 Å². The van der Waals surface area contributed by atoms with E-state index in [4.69, 9.17) is 0 Å². The van der Waals surface area contributed by atoms with Gasteiger partial charge in [-0.3, -0.25) is 14.6 Å². The smallest absolute Gasteiger partial charge is 0.236 e. The largest absolute Gasteiger partial charge is 0.339 e. The maximum absolute atomic E-state index is 12.7. The average Bonchev–Trinajstić information content (AvgIpc) is 2.70. The van der Waals surface area contributed by atoms with Crippen molar-refractivity contribution < 1.29 is 4.79 Å². The Labute approximate surface area is 158 Å². The van der Waals surface area contributed by atoms with Crippen LogP contribution in [0.2, 0.25) is 0 Å². The van der Waals surface area contributed by atoms with Gasteiger partial charge in [0.05, 0.1) is 6.54 Å². The molecule has 2 aliphatic rings. The van der Waals surface area contributed by atoms with E-state index in [9.17, 15) is 4.79 Å². The van der Waals surface area contributed by atoms with E-state index in [0.29, 0.717) is 18.5 Å². The van der Waals surface area contributed by atoms with Crippen LogP contribution in [0.3, 0.4) is 0 Å². The lowest BCUT2D eigenvalue weighted by Crippen LogP contribution is -2.52. The quantitative estimate of drug-likeness (QED) is 0.784. The van der Waals surface area contributed by atoms with E-state index in [1.165, 1.54) is 24.8 Å². The molecule has 0 saturated carbocycles. The van der Waals surface area contributed by atoms with Gasteiger partial charge in [-0.25, -0.2) is 0 Å². The number of rotatable bonds is 6. The second-order valence-corrected chi connectivity index (χ2v) is 7.52. The van der Waals surface area contributed by atoms with Crippen molar-refractivity contribution in [2.45, 2.75) is 38.6 Å². The van der Waals surface area contributed by atoms with E-state index in [2.05, 4.69) is 58.0 Å². The summed E-state index contributed by atoms with van der Waals surface area (Å²) in [7, 11) is 0. The van der Waals surface area contributed by atoms with E-state index < -0.39 is 0 Å². The van der Waals surface area contributed by atoms with Gasteiger partial charge < -0.3 is 4.90 Å². The first-order valence-corrected chi connectivity index (χ1v) is 10.2. The molecule has 0 N–H and O–H groups in total. The highest BCUT2D eigenvalue weighted by Crippen LogP contribution is 2.19. The van der Waals surface area contributed by atoms with E-state index in [1.54, 1.807) is 0 Å². The van der Waals surface area contributed by atoms with Crippen molar-refractivity contribution in [2.24, 2.45) is 0 Å². The summed E-state index contributed by atoms with van der Waals surface area (Å²) >= 11 is 0. The Bertz CT molecular complexity index is 578. The number of benzene rings is 1. The van der Waals surface area contributed by atoms with Crippen LogP contribution in [-0.4, -0.2) is 72.5 Å². The van der Waals surface area contributed by atoms with E-state index in [-0.39, 0.29) is 0 Å². The lowest BCUT2D eigenvalue weighted by Gasteiger charge is -2.38. The summed E-state index contributed by atoms with van der Waals surface area (Å²) in [5, 5.41) is 0. The van der Waals surface area contributed by atoms with Gasteiger partial charge >= 0.3 is 0 Å². The number of hydrogen-bond acceptors (Lipinski definition) is 3. The predicted octanol–water partition coefficient (Wildman–Crippen LogP) is 3.11. The van der Waals surface area contributed by atoms with Crippen LogP contribution in [0.15, 0.2) is 36.4 Å². The highest BCUT2D eigenvalue weighted by molar-refractivity contribution is 5.78. The number of hydrogen-bond donors (Lipinski definition) is 0. The summed E-state index contributed by atoms with van der Waals surface area (Å²) in [5.74, 6) is 0.324. The molecule has 2 fully saturated rings. The molecule has 142 valence electrons. The minimum absolute atomic E-state index is 0.324. The molecular formula is C22H33N3O. The summed E-state index contributed by atoms with van der Waals surface area (Å²) < 4.78 is 0. The minimum Gasteiger partial charge on any atom is -0.339 e. The number of piperidine rings is 1. The number of amides is 1. The molecule has 1 unspecified atom stereocenters. The maximum atomic E-state index is 12.7. The fourth-order valence-corrected chi connectivity index (χ4v) is 4.09. The Morgan fingerprint density at radius 2 is 1.85 bits per heavy atom. The van der Waals surface area contributed by atoms with Gasteiger partial charge in [0.2, 0.25) is 5.91 Å². The molecule has 1 atom stereocenters. The van der Waals surface area contributed by atoms with Gasteiger partial charge in [0.15, 0.2) is 0 Å². The van der Waals surface area contributed by atoms with Crippen LogP contribution in [0.25, 0.3) is 6.08 Å². The highest BCUT2D eigenvalue weighted by atomic mass is 16.2. The van der Waals surface area contributed by atoms with E-state index in [0.717, 1.165) is 45.7 Å². The second kappa shape index (κ2) is 9.89. The first kappa shape index (κ1) is 19.1. The molecule has 0 spiro atoms. The first-order chi connectivity index (χ1) is 12.8. The zero-order chi connectivity index (χ0) is 18.2. The first-order valence-electron chi connectivity index (χ1n) is 10.2. The van der Waals surface area contributed by atoms with Crippen molar-refractivity contribution in [1.29, 1.82) is 0 Å². The van der Waals surface area contributed by atoms with Crippen molar-refractivity contribution >= 4 is 12.0 Å². The van der Waals surface area contributed by atoms with Crippen LogP contribution in [0.1, 0.15) is 38.2 Å². The van der Waals surface area contributed by atoms with Crippen molar-refractivity contribution in [2.75, 3.05) is 45.8 Å². The van der Waals surface area contributed by atoms with Gasteiger partial charge in [0.1, 0.15) is 0 Å². The van der Waals surface area contributed by atoms with Gasteiger partial charge in [0.25, 0.3) is 0 Å². The van der Waals surface area contributed by atoms with Crippen molar-refractivity contribution in [3.8, 4) is 0 Å². The van der Waals surface area contributed by atoms with E-state index >= 15 is 0 Å². The Morgan fingerprint density at radius 3 is 2.58 bits per heavy atom. The maximum Gasteiger partial charge on any atom is 0.236 e. The normalized spacial score (nSPS) is 22.8. The summed E-state index contributed by atoms with van der Waals surface area (Å²) in [6, 6.07) is 11.0. The molecule has 4 nitrogen and oxygen atoms in total. The molecule has 1 aromatic rings. The Balaban J connectivity index is 1.40. The summed E-state index contributed by atoms with van der Waals surface area (Å²) in [6.07, 6.45) is 9.38. The number of piperazine rings is 1.